The van der Waals surface area contributed by atoms with Crippen LogP contribution in [0.4, 0.5) is 0 Å². The van der Waals surface area contributed by atoms with E-state index in [9.17, 15) is 4.79 Å². The Bertz CT molecular complexity index is 73.7. The molecular weight excluding hydrogens is 212 g/mol. The number of aliphatic carboxylic acids is 1. The normalized spacial score (nSPS) is 11.8. The summed E-state index contributed by atoms with van der Waals surface area (Å²) >= 11 is 0. The molecule has 0 rings (SSSR count). The number of rotatable bonds is 2. The Hall–Kier alpha value is 0.312. The second-order valence-electron chi connectivity index (χ2n) is 1.04. The van der Waals surface area contributed by atoms with Crippen LogP contribution in [0.5, 0.6) is 0 Å². The summed E-state index contributed by atoms with van der Waals surface area (Å²) in [6.07, 6.45) is -1.63. The van der Waals surface area contributed by atoms with E-state index in [0.717, 1.165) is 0 Å². The van der Waals surface area contributed by atoms with Crippen LogP contribution in [-0.4, -0.2) is 34.0 Å². The maximum Gasteiger partial charge on any atom is 0.334 e. The molecule has 0 saturated heterocycles. The molecule has 0 fully saturated rings. The smallest absolute Gasteiger partial charge is 0.334 e. The largest absolute Gasteiger partial charge is 0.479 e. The van der Waals surface area contributed by atoms with E-state index in [2.05, 4.69) is 0 Å². The van der Waals surface area contributed by atoms with E-state index >= 15 is 0 Å². The summed E-state index contributed by atoms with van der Waals surface area (Å²) in [7, 11) is 0. The first-order valence-electron chi connectivity index (χ1n) is 1.70. The molecule has 5 heteroatoms. The van der Waals surface area contributed by atoms with E-state index in [4.69, 9.17) is 15.3 Å². The molecule has 0 aliphatic heterocycles. The monoisotopic (exact) mass is 220 g/mol. The quantitative estimate of drug-likeness (QED) is 0.489. The summed E-state index contributed by atoms with van der Waals surface area (Å²) in [6, 6.07) is 0. The van der Waals surface area contributed by atoms with E-state index in [-0.39, 0.29) is 27.3 Å². The maximum absolute atomic E-state index is 9.52. The zero-order valence-corrected chi connectivity index (χ0v) is 8.28. The van der Waals surface area contributed by atoms with Crippen molar-refractivity contribution in [3.05, 3.63) is 0 Å². The van der Waals surface area contributed by atoms with Crippen LogP contribution in [0.15, 0.2) is 0 Å². The van der Waals surface area contributed by atoms with Crippen LogP contribution in [0.25, 0.3) is 0 Å². The van der Waals surface area contributed by atoms with E-state index in [1.165, 1.54) is 0 Å². The Labute approximate surface area is 66.3 Å². The summed E-state index contributed by atoms with van der Waals surface area (Å²) < 4.78 is 0. The van der Waals surface area contributed by atoms with Gasteiger partial charge in [0.25, 0.3) is 0 Å². The van der Waals surface area contributed by atoms with Crippen LogP contribution in [0.2, 0.25) is 0 Å². The maximum atomic E-state index is 9.52. The number of carboxylic acids is 1. The Balaban J connectivity index is 0. The van der Waals surface area contributed by atoms with Gasteiger partial charge in [-0.1, -0.05) is 0 Å². The van der Waals surface area contributed by atoms with E-state index in [1.807, 2.05) is 0 Å². The van der Waals surface area contributed by atoms with Crippen LogP contribution in [-0.2, 0) is 32.1 Å². The molecule has 8 heavy (non-hydrogen) atoms. The van der Waals surface area contributed by atoms with Gasteiger partial charge in [0.15, 0.2) is 6.10 Å². The van der Waals surface area contributed by atoms with E-state index < -0.39 is 18.7 Å². The molecule has 3 N–H and O–H groups in total. The molecule has 0 bridgehead atoms. The summed E-state index contributed by atoms with van der Waals surface area (Å²) in [4.78, 5) is 9.52. The Morgan fingerprint density at radius 2 is 2.00 bits per heavy atom. The molecule has 0 aliphatic rings. The number of aliphatic hydroxyl groups excluding tert-OH is 2. The van der Waals surface area contributed by atoms with Gasteiger partial charge >= 0.3 is 5.97 Å². The van der Waals surface area contributed by atoms with Crippen LogP contribution in [0.1, 0.15) is 0 Å². The second kappa shape index (κ2) is 5.45. The summed E-state index contributed by atoms with van der Waals surface area (Å²) in [5, 5.41) is 23.7. The van der Waals surface area contributed by atoms with Gasteiger partial charge < -0.3 is 15.3 Å². The van der Waals surface area contributed by atoms with Gasteiger partial charge in [0.2, 0.25) is 0 Å². The number of carbonyl (C=O) groups is 1. The van der Waals surface area contributed by atoms with Gasteiger partial charge in [-0.2, -0.15) is 0 Å². The molecule has 44 valence electrons. The van der Waals surface area contributed by atoms with Crippen LogP contribution in [0.3, 0.4) is 0 Å². The van der Waals surface area contributed by atoms with Crippen LogP contribution in [0, 0.1) is 0 Å². The minimum Gasteiger partial charge on any atom is -0.479 e. The molecule has 0 spiro atoms. The molecule has 0 saturated carbocycles. The van der Waals surface area contributed by atoms with Crippen molar-refractivity contribution in [1.29, 1.82) is 0 Å². The fourth-order valence-corrected chi connectivity index (χ4v) is 0.0781. The molecule has 0 aliphatic carbocycles. The van der Waals surface area contributed by atoms with Crippen molar-refractivity contribution in [2.24, 2.45) is 0 Å². The van der Waals surface area contributed by atoms with Crippen molar-refractivity contribution in [3.8, 4) is 0 Å². The number of carboxylic acid groups (broad SMARTS) is 1. The summed E-state index contributed by atoms with van der Waals surface area (Å²) in [6.45, 7) is -0.727. The average Bonchev–Trinajstić information content (AvgIpc) is 1.65. The standard InChI is InChI=1S/C3H6O4.Cd/c4-1-2(5)3(6)7;/h2,4-5H,1H2,(H,6,7);. The molecule has 1 atom stereocenters. The third-order valence-electron chi connectivity index (χ3n) is 0.458. The molecule has 0 heterocycles. The third kappa shape index (κ3) is 4.47. The predicted octanol–water partition coefficient (Wildman–Crippen LogP) is -1.58. The topological polar surface area (TPSA) is 77.8 Å². The predicted molar refractivity (Wildman–Crippen MR) is 20.7 cm³/mol. The first-order chi connectivity index (χ1) is 3.18. The third-order valence-corrected chi connectivity index (χ3v) is 0.458. The molecule has 0 amide bonds. The van der Waals surface area contributed by atoms with Crippen molar-refractivity contribution in [2.45, 2.75) is 6.10 Å². The van der Waals surface area contributed by atoms with Gasteiger partial charge in [-0.05, 0) is 0 Å². The molecule has 1 unspecified atom stereocenters. The molecule has 0 aromatic rings. The fourth-order valence-electron chi connectivity index (χ4n) is 0.0781. The van der Waals surface area contributed by atoms with Gasteiger partial charge in [-0.25, -0.2) is 4.79 Å². The summed E-state index contributed by atoms with van der Waals surface area (Å²) in [5.74, 6) is -1.40. The van der Waals surface area contributed by atoms with Crippen molar-refractivity contribution >= 4 is 5.97 Å². The van der Waals surface area contributed by atoms with Crippen molar-refractivity contribution in [3.63, 3.8) is 0 Å². The SMILES string of the molecule is O=C(O)C(O)CO.[Cd]. The van der Waals surface area contributed by atoms with Crippen molar-refractivity contribution < 1.29 is 47.4 Å². The minimum absolute atomic E-state index is 0. The minimum atomic E-state index is -1.63. The number of hydrogen-bond acceptors (Lipinski definition) is 3. The van der Waals surface area contributed by atoms with Gasteiger partial charge in [-0.15, -0.1) is 0 Å². The Kier molecular flexibility index (Phi) is 7.60. The molecule has 0 aromatic heterocycles. The first kappa shape index (κ1) is 11.2. The van der Waals surface area contributed by atoms with Crippen LogP contribution < -0.4 is 0 Å². The number of hydrogen-bond donors (Lipinski definition) is 3. The van der Waals surface area contributed by atoms with E-state index in [1.54, 1.807) is 0 Å². The average molecular weight is 218 g/mol. The second-order valence-corrected chi connectivity index (χ2v) is 1.04. The number of aliphatic hydroxyl groups is 2. The van der Waals surface area contributed by atoms with Gasteiger partial charge in [0.05, 0.1) is 6.61 Å². The zero-order valence-electron chi connectivity index (χ0n) is 4.24. The Morgan fingerprint density at radius 3 is 2.00 bits per heavy atom. The van der Waals surface area contributed by atoms with Gasteiger partial charge in [0, 0.05) is 27.3 Å². The molecule has 4 nitrogen and oxygen atoms in total. The van der Waals surface area contributed by atoms with Crippen molar-refractivity contribution in [2.75, 3.05) is 6.61 Å². The van der Waals surface area contributed by atoms with Gasteiger partial charge in [-0.3, -0.25) is 0 Å². The summed E-state index contributed by atoms with van der Waals surface area (Å²) in [5.41, 5.74) is 0. The Morgan fingerprint density at radius 1 is 1.62 bits per heavy atom. The molecule has 0 aromatic carbocycles. The van der Waals surface area contributed by atoms with Crippen LogP contribution >= 0.6 is 0 Å². The van der Waals surface area contributed by atoms with Crippen molar-refractivity contribution in [1.82, 2.24) is 0 Å². The van der Waals surface area contributed by atoms with Gasteiger partial charge in [0.1, 0.15) is 0 Å². The fraction of sp³-hybridized carbons (Fsp3) is 0.667. The zero-order chi connectivity index (χ0) is 5.86. The molecule has 0 radical (unpaired) electrons. The first-order valence-corrected chi connectivity index (χ1v) is 1.70. The van der Waals surface area contributed by atoms with E-state index in [0.29, 0.717) is 0 Å². The molecular formula is C3H6CdO4.